The minimum absolute atomic E-state index is 0.0509. The number of rotatable bonds is 4. The molecule has 0 saturated carbocycles. The molecule has 0 radical (unpaired) electrons. The van der Waals surface area contributed by atoms with Crippen LogP contribution in [0.4, 0.5) is 60.5 Å². The average Bonchev–Trinajstić information content (AvgIpc) is 3.35. The van der Waals surface area contributed by atoms with Crippen LogP contribution in [0.15, 0.2) is 146 Å². The Kier molecular flexibility index (Phi) is 8.78. The van der Waals surface area contributed by atoms with Gasteiger partial charge in [-0.1, -0.05) is 117 Å². The summed E-state index contributed by atoms with van der Waals surface area (Å²) in [5.41, 5.74) is 16.2. The van der Waals surface area contributed by atoms with Gasteiger partial charge < -0.3 is 9.80 Å². The number of fused-ring (bicyclic) bond motifs is 8. The summed E-state index contributed by atoms with van der Waals surface area (Å²) in [7, 11) is 0. The number of hydrogen-bond acceptors (Lipinski definition) is 2. The first kappa shape index (κ1) is 43.3. The number of halogens is 6. The van der Waals surface area contributed by atoms with Gasteiger partial charge in [-0.05, 0) is 191 Å². The second-order valence-electron chi connectivity index (χ2n) is 21.1. The van der Waals surface area contributed by atoms with Crippen molar-refractivity contribution in [3.63, 3.8) is 0 Å². The maximum Gasteiger partial charge on any atom is 0.416 e. The van der Waals surface area contributed by atoms with Crippen molar-refractivity contribution in [2.75, 3.05) is 9.80 Å². The molecule has 72 heavy (non-hydrogen) atoms. The third-order valence-corrected chi connectivity index (χ3v) is 16.2. The van der Waals surface area contributed by atoms with E-state index in [1.807, 2.05) is 84.3 Å². The fourth-order valence-electron chi connectivity index (χ4n) is 13.3. The summed E-state index contributed by atoms with van der Waals surface area (Å²) in [5, 5.41) is 6.18. The van der Waals surface area contributed by atoms with Crippen LogP contribution in [0.1, 0.15) is 72.9 Å². The first-order chi connectivity index (χ1) is 34.5. The quantitative estimate of drug-likeness (QED) is 0.0985. The number of nitrogens with zero attached hydrogens (tertiary/aromatic N) is 2. The Morgan fingerprint density at radius 2 is 0.833 bits per heavy atom. The highest BCUT2D eigenvalue weighted by Crippen LogP contribution is 2.52. The summed E-state index contributed by atoms with van der Waals surface area (Å²) >= 11 is 0. The lowest BCUT2D eigenvalue weighted by molar-refractivity contribution is -0.138. The van der Waals surface area contributed by atoms with E-state index in [-0.39, 0.29) is 11.8 Å². The molecule has 0 saturated heterocycles. The molecule has 14 rings (SSSR count). The van der Waals surface area contributed by atoms with Gasteiger partial charge in [0, 0.05) is 34.1 Å². The minimum atomic E-state index is -4.63. The van der Waals surface area contributed by atoms with Gasteiger partial charge in [0.05, 0.1) is 11.1 Å². The molecule has 2 nitrogen and oxygen atoms in total. The second-order valence-corrected chi connectivity index (χ2v) is 21.1. The molecule has 10 heteroatoms. The molecule has 0 bridgehead atoms. The Morgan fingerprint density at radius 1 is 0.389 bits per heavy atom. The predicted octanol–water partition coefficient (Wildman–Crippen LogP) is 14.0. The summed E-state index contributed by atoms with van der Waals surface area (Å²) in [5.74, 6) is 0.0202. The van der Waals surface area contributed by atoms with Gasteiger partial charge >= 0.3 is 12.4 Å². The van der Waals surface area contributed by atoms with Gasteiger partial charge in [0.15, 0.2) is 0 Å². The van der Waals surface area contributed by atoms with Crippen LogP contribution in [-0.4, -0.2) is 13.4 Å². The van der Waals surface area contributed by atoms with E-state index in [2.05, 4.69) is 82.3 Å². The minimum Gasteiger partial charge on any atom is -0.311 e. The van der Waals surface area contributed by atoms with Gasteiger partial charge in [-0.15, -0.1) is 0 Å². The van der Waals surface area contributed by atoms with Gasteiger partial charge in [-0.25, -0.2) is 0 Å². The second kappa shape index (κ2) is 14.6. The SMILES string of the molecule is Cc1ccc2c(c1)N(c1ccccc1)c1cc(C(F)(F)F)cc3c1B2c1cc2c(C(C)C)cc4c5c(cc6c(C(C)C)cc-3c1c6c25)B1c2ccc(C(F)(F)F)cc2N(c2ccccc2)c2cc(C)cc-4c21. The van der Waals surface area contributed by atoms with Crippen molar-refractivity contribution in [1.29, 1.82) is 0 Å². The fourth-order valence-corrected chi connectivity index (χ4v) is 13.3. The molecule has 350 valence electrons. The van der Waals surface area contributed by atoms with Crippen LogP contribution in [0.5, 0.6) is 0 Å². The number of alkyl halides is 6. The number of anilines is 6. The van der Waals surface area contributed by atoms with E-state index < -0.39 is 36.9 Å². The van der Waals surface area contributed by atoms with E-state index in [0.29, 0.717) is 16.9 Å². The lowest BCUT2D eigenvalue weighted by atomic mass is 9.31. The monoisotopic (exact) mass is 952 g/mol. The Bertz CT molecular complexity index is 4010. The van der Waals surface area contributed by atoms with Crippen molar-refractivity contribution in [2.24, 2.45) is 0 Å². The maximum atomic E-state index is 15.5. The van der Waals surface area contributed by atoms with Gasteiger partial charge in [0.2, 0.25) is 13.4 Å². The third kappa shape index (κ3) is 5.78. The van der Waals surface area contributed by atoms with Crippen molar-refractivity contribution < 1.29 is 26.3 Å². The lowest BCUT2D eigenvalue weighted by Crippen LogP contribution is -2.60. The molecule has 0 aromatic heterocycles. The standard InChI is InChI=1S/C62H44B2F6N2/c1-31(2)39-27-41-45-21-34(6)23-53-59(45)64(48-20-18-35(61(65,66)67)25-52(48)72(53)38-15-11-8-12-16-38)49-29-44-40(32(3)4)28-42-46-24-36(62(68,69)70)26-54-60(46)63(50-30-43(39)57(55(41)49)58(44)56(42)50)47-19-17-33(5)22-51(47)71(54)37-13-9-7-10-14-37/h7-32H,1-6H3. The molecule has 10 aromatic carbocycles. The van der Waals surface area contributed by atoms with Crippen molar-refractivity contribution in [1.82, 2.24) is 0 Å². The molecule has 0 amide bonds. The summed E-state index contributed by atoms with van der Waals surface area (Å²) in [6.45, 7) is 12.0. The number of para-hydroxylation sites is 2. The topological polar surface area (TPSA) is 6.48 Å². The molecule has 0 aliphatic carbocycles. The van der Waals surface area contributed by atoms with E-state index in [4.69, 9.17) is 0 Å². The summed E-state index contributed by atoms with van der Waals surface area (Å²) < 4.78 is 91.1. The summed E-state index contributed by atoms with van der Waals surface area (Å²) in [6.07, 6.45) is -9.21. The van der Waals surface area contributed by atoms with Gasteiger partial charge in [0.25, 0.3) is 0 Å². The molecule has 4 aliphatic rings. The molecule has 4 aliphatic heterocycles. The fraction of sp³-hybridized carbons (Fsp3) is 0.161. The zero-order valence-electron chi connectivity index (χ0n) is 40.3. The molecule has 10 aromatic rings. The van der Waals surface area contributed by atoms with Crippen molar-refractivity contribution in [2.45, 2.75) is 65.7 Å². The first-order valence-corrected chi connectivity index (χ1v) is 24.8. The molecule has 4 heterocycles. The summed E-state index contributed by atoms with van der Waals surface area (Å²) in [4.78, 5) is 4.03. The molecule has 0 N–H and O–H groups in total. The van der Waals surface area contributed by atoms with Crippen LogP contribution < -0.4 is 42.6 Å². The van der Waals surface area contributed by atoms with Crippen molar-refractivity contribution in [3.8, 4) is 22.3 Å². The normalized spacial score (nSPS) is 14.2. The highest BCUT2D eigenvalue weighted by Gasteiger charge is 2.47. The maximum absolute atomic E-state index is 15.5. The van der Waals surface area contributed by atoms with Crippen LogP contribution >= 0.6 is 0 Å². The molecule has 0 spiro atoms. The van der Waals surface area contributed by atoms with Crippen LogP contribution in [0, 0.1) is 13.8 Å². The van der Waals surface area contributed by atoms with Crippen molar-refractivity contribution in [3.05, 3.63) is 179 Å². The smallest absolute Gasteiger partial charge is 0.311 e. The average molecular weight is 953 g/mol. The molecular weight excluding hydrogens is 908 g/mol. The Balaban J connectivity index is 1.17. The van der Waals surface area contributed by atoms with Gasteiger partial charge in [-0.3, -0.25) is 0 Å². The highest BCUT2D eigenvalue weighted by atomic mass is 19.4. The zero-order valence-corrected chi connectivity index (χ0v) is 40.3. The molecule has 0 fully saturated rings. The highest BCUT2D eigenvalue weighted by molar-refractivity contribution is 7.02. The Labute approximate surface area is 414 Å². The number of benzene rings is 10. The van der Waals surface area contributed by atoms with E-state index in [0.717, 1.165) is 127 Å². The van der Waals surface area contributed by atoms with E-state index in [1.54, 1.807) is 6.07 Å². The largest absolute Gasteiger partial charge is 0.416 e. The van der Waals surface area contributed by atoms with E-state index >= 15 is 13.2 Å². The zero-order chi connectivity index (χ0) is 49.6. The molecule has 0 atom stereocenters. The first-order valence-electron chi connectivity index (χ1n) is 24.8. The van der Waals surface area contributed by atoms with Crippen LogP contribution in [0.25, 0.3) is 54.6 Å². The van der Waals surface area contributed by atoms with E-state index in [1.165, 1.54) is 24.3 Å². The Morgan fingerprint density at radius 3 is 1.33 bits per heavy atom. The van der Waals surface area contributed by atoms with Crippen LogP contribution in [-0.2, 0) is 12.4 Å². The van der Waals surface area contributed by atoms with Crippen LogP contribution in [0.2, 0.25) is 0 Å². The van der Waals surface area contributed by atoms with Gasteiger partial charge in [0.1, 0.15) is 0 Å². The molecular formula is C62H44B2F6N2. The van der Waals surface area contributed by atoms with Crippen molar-refractivity contribution >= 4 is 113 Å². The third-order valence-electron chi connectivity index (χ3n) is 16.2. The van der Waals surface area contributed by atoms with E-state index in [9.17, 15) is 13.2 Å². The summed E-state index contributed by atoms with van der Waals surface area (Å²) in [6, 6.07) is 46.2. The Hall–Kier alpha value is -7.45. The number of aryl methyl sites for hydroxylation is 2. The lowest BCUT2D eigenvalue weighted by Gasteiger charge is -2.43. The molecule has 0 unspecified atom stereocenters. The van der Waals surface area contributed by atoms with Crippen LogP contribution in [0.3, 0.4) is 0 Å². The predicted molar refractivity (Wildman–Crippen MR) is 287 cm³/mol. The van der Waals surface area contributed by atoms with Gasteiger partial charge in [-0.2, -0.15) is 26.3 Å². The number of hydrogen-bond donors (Lipinski definition) is 0.